The number of aromatic nitrogens is 6. The molecular weight excluding hydrogens is 669 g/mol. The first-order valence-corrected chi connectivity index (χ1v) is 18.1. The molecule has 8 N–H and O–H groups in total. The lowest BCUT2D eigenvalue weighted by molar-refractivity contribution is -0.0508. The van der Waals surface area contributed by atoms with Crippen molar-refractivity contribution in [3.63, 3.8) is 0 Å². The predicted molar refractivity (Wildman–Crippen MR) is 155 cm³/mol. The van der Waals surface area contributed by atoms with Gasteiger partial charge in [-0.25, -0.2) is 38.4 Å². The normalized spacial score (nSPS) is 37.6. The van der Waals surface area contributed by atoms with Crippen molar-refractivity contribution in [2.24, 2.45) is 5.73 Å². The number of nitrogens with one attached hydrogen (secondary N) is 1. The number of carbonyl (C=O) groups is 1. The maximum atomic E-state index is 16.0. The van der Waals surface area contributed by atoms with Crippen molar-refractivity contribution < 1.29 is 46.3 Å². The molecule has 3 aromatic rings. The van der Waals surface area contributed by atoms with Crippen molar-refractivity contribution in [3.8, 4) is 0 Å². The number of hydrogen-bond acceptors (Lipinski definition) is 17. The van der Waals surface area contributed by atoms with E-state index in [2.05, 4.69) is 54.7 Å². The molecule has 2 saturated heterocycles. The monoisotopic (exact) mass is 694 g/mol. The zero-order valence-electron chi connectivity index (χ0n) is 22.1. The van der Waals surface area contributed by atoms with E-state index in [4.69, 9.17) is 40.0 Å². The Morgan fingerprint density at radius 2 is 1.73 bits per heavy atom. The zero-order chi connectivity index (χ0) is 31.6. The number of alkyl halides is 1. The molecule has 238 valence electrons. The van der Waals surface area contributed by atoms with Gasteiger partial charge in [0.05, 0.1) is 25.1 Å². The number of aliphatic hydroxyl groups excluding tert-OH is 1. The van der Waals surface area contributed by atoms with Gasteiger partial charge >= 0.3 is 13.6 Å². The lowest BCUT2D eigenvalue weighted by atomic mass is 10.1. The number of nitrogen functional groups attached to an aromatic ring is 2. The molecule has 3 aromatic heterocycles. The molecule has 0 aromatic carbocycles. The largest absolute Gasteiger partial charge is 0.388 e. The number of fused-ring (bicyclic) bond motifs is 4. The van der Waals surface area contributed by atoms with Gasteiger partial charge in [-0.15, -0.1) is 0 Å². The fourth-order valence-electron chi connectivity index (χ4n) is 5.22. The zero-order valence-corrected chi connectivity index (χ0v) is 25.6. The van der Waals surface area contributed by atoms with Gasteiger partial charge in [0.25, 0.3) is 5.91 Å². The SMILES string of the molecule is NC(=O)c1c(N)ncnc1N[C@@H]1C[C@@H]2OP(=O)(S)O[C@H]3[C@@H](F)[C@H](n4cnc5c(N)ncnc54)O[C@@H]3COP(=O)(S)O[C@@H]1[C@@H]2O. The molecule has 2 bridgehead atoms. The Hall–Kier alpha value is -2.65. The van der Waals surface area contributed by atoms with Crippen molar-refractivity contribution in [2.45, 2.75) is 55.4 Å². The third kappa shape index (κ3) is 5.86. The van der Waals surface area contributed by atoms with Crippen LogP contribution in [0.3, 0.4) is 0 Å². The van der Waals surface area contributed by atoms with Crippen LogP contribution in [0.4, 0.5) is 21.8 Å². The van der Waals surface area contributed by atoms with Crippen molar-refractivity contribution in [1.82, 2.24) is 29.5 Å². The first-order chi connectivity index (χ1) is 20.7. The molecule has 1 amide bonds. The van der Waals surface area contributed by atoms with Crippen LogP contribution in [-0.2, 0) is 32.0 Å². The number of nitrogens with zero attached hydrogens (tertiary/aromatic N) is 6. The second kappa shape index (κ2) is 11.6. The number of amides is 1. The molecule has 19 nitrogen and oxygen atoms in total. The van der Waals surface area contributed by atoms with Crippen LogP contribution in [0.15, 0.2) is 19.0 Å². The van der Waals surface area contributed by atoms with E-state index < -0.39 is 75.1 Å². The van der Waals surface area contributed by atoms with Crippen molar-refractivity contribution in [3.05, 3.63) is 24.5 Å². The highest BCUT2D eigenvalue weighted by Gasteiger charge is 2.54. The summed E-state index contributed by atoms with van der Waals surface area (Å²) < 4.78 is 72.1. The van der Waals surface area contributed by atoms with Gasteiger partial charge in [0.15, 0.2) is 23.9 Å². The van der Waals surface area contributed by atoms with Crippen LogP contribution in [0.1, 0.15) is 23.0 Å². The van der Waals surface area contributed by atoms with Crippen LogP contribution in [0, 0.1) is 0 Å². The highest BCUT2D eigenvalue weighted by Crippen LogP contribution is 2.61. The summed E-state index contributed by atoms with van der Waals surface area (Å²) in [6.07, 6.45) is -7.67. The summed E-state index contributed by atoms with van der Waals surface area (Å²) in [7, 11) is 0. The second-order valence-corrected chi connectivity index (χ2v) is 15.6. The van der Waals surface area contributed by atoms with Crippen molar-refractivity contribution in [1.29, 1.82) is 0 Å². The third-order valence-electron chi connectivity index (χ3n) is 7.15. The number of anilines is 3. The van der Waals surface area contributed by atoms with Crippen LogP contribution in [0.25, 0.3) is 11.2 Å². The quantitative estimate of drug-likeness (QED) is 0.146. The number of hydrogen-bond donors (Lipinski definition) is 7. The molecule has 0 spiro atoms. The molecule has 44 heavy (non-hydrogen) atoms. The summed E-state index contributed by atoms with van der Waals surface area (Å²) in [4.78, 5) is 31.7. The highest BCUT2D eigenvalue weighted by molar-refractivity contribution is 8.44. The molecule has 0 radical (unpaired) electrons. The van der Waals surface area contributed by atoms with Crippen molar-refractivity contribution >= 4 is 72.6 Å². The summed E-state index contributed by atoms with van der Waals surface area (Å²) in [5, 5.41) is 13.9. The topological polar surface area (TPSA) is 277 Å². The predicted octanol–water partition coefficient (Wildman–Crippen LogP) is 0.622. The van der Waals surface area contributed by atoms with Crippen LogP contribution < -0.4 is 22.5 Å². The number of imidazole rings is 1. The third-order valence-corrected chi connectivity index (χ3v) is 10.4. The van der Waals surface area contributed by atoms with Gasteiger partial charge in [0, 0.05) is 0 Å². The van der Waals surface area contributed by atoms with E-state index in [9.17, 15) is 19.0 Å². The molecule has 3 fully saturated rings. The number of halogens is 1. The second-order valence-electron chi connectivity index (χ2n) is 9.93. The molecule has 1 saturated carbocycles. The summed E-state index contributed by atoms with van der Waals surface area (Å²) >= 11 is 8.04. The summed E-state index contributed by atoms with van der Waals surface area (Å²) in [5.74, 6) is -1.27. The number of nitrogens with two attached hydrogens (primary N) is 3. The van der Waals surface area contributed by atoms with Gasteiger partial charge in [-0.3, -0.25) is 27.5 Å². The molecule has 2 unspecified atom stereocenters. The van der Waals surface area contributed by atoms with Gasteiger partial charge in [-0.05, 0) is 6.42 Å². The minimum absolute atomic E-state index is 0.0464. The van der Waals surface area contributed by atoms with Crippen LogP contribution in [0.2, 0.25) is 0 Å². The van der Waals surface area contributed by atoms with Gasteiger partial charge in [0.2, 0.25) is 0 Å². The highest BCUT2D eigenvalue weighted by atomic mass is 32.7. The van der Waals surface area contributed by atoms with Gasteiger partial charge in [0.1, 0.15) is 59.8 Å². The maximum Gasteiger partial charge on any atom is 0.386 e. The molecule has 1 aliphatic carbocycles. The fourth-order valence-corrected chi connectivity index (χ4v) is 8.57. The number of thiol groups is 2. The molecule has 10 atom stereocenters. The minimum Gasteiger partial charge on any atom is -0.388 e. The molecule has 2 aliphatic heterocycles. The van der Waals surface area contributed by atoms with E-state index in [0.29, 0.717) is 0 Å². The van der Waals surface area contributed by atoms with Gasteiger partial charge < -0.3 is 32.4 Å². The Kier molecular flexibility index (Phi) is 8.27. The van der Waals surface area contributed by atoms with Gasteiger partial charge in [-0.1, -0.05) is 24.5 Å². The Labute approximate surface area is 257 Å². The lowest BCUT2D eigenvalue weighted by Crippen LogP contribution is -2.39. The Balaban J connectivity index is 1.29. The first-order valence-electron chi connectivity index (χ1n) is 12.7. The summed E-state index contributed by atoms with van der Waals surface area (Å²) in [6, 6.07) is -1.03. The Bertz CT molecular complexity index is 1710. The molecule has 3 aliphatic rings. The smallest absolute Gasteiger partial charge is 0.386 e. The molecule has 5 heterocycles. The number of ether oxygens (including phenoxy) is 1. The fraction of sp³-hybridized carbons (Fsp3) is 0.500. The first kappa shape index (κ1) is 31.3. The number of aliphatic hydroxyl groups is 1. The van der Waals surface area contributed by atoms with E-state index >= 15 is 4.39 Å². The Morgan fingerprint density at radius 1 is 1.02 bits per heavy atom. The standard InChI is InChI=1S/C20H25FN10O9P2S2/c21-10-14-8(37-20(10)31-5-29-11-16(23)26-4-28-19(11)31)2-36-41(34,43)39-13-6(1-7(12(13)32)38-42(35,44)40-14)30-18-9(17(24)33)15(22)25-3-27-18/h3-8,10,12-14,20,32H,1-2H2,(H2,24,33)(H,34,43)(H,35,44)(H2,23,26,28)(H3,22,25,27,30)/t6-,7+,8-,10-,12-,13+,14-,20-,41?,42?/m1/s1. The van der Waals surface area contributed by atoms with Crippen LogP contribution >= 0.6 is 38.1 Å². The van der Waals surface area contributed by atoms with Gasteiger partial charge in [-0.2, -0.15) is 0 Å². The van der Waals surface area contributed by atoms with Crippen molar-refractivity contribution in [2.75, 3.05) is 23.4 Å². The number of rotatable bonds is 4. The number of primary amides is 1. The van der Waals surface area contributed by atoms with E-state index in [1.807, 2.05) is 0 Å². The lowest BCUT2D eigenvalue weighted by Gasteiger charge is -2.29. The number of carbonyl (C=O) groups excluding carboxylic acids is 1. The minimum atomic E-state index is -4.47. The Morgan fingerprint density at radius 3 is 2.48 bits per heavy atom. The van der Waals surface area contributed by atoms with Crippen LogP contribution in [-0.4, -0.2) is 89.8 Å². The van der Waals surface area contributed by atoms with E-state index in [1.165, 1.54) is 10.9 Å². The van der Waals surface area contributed by atoms with E-state index in [-0.39, 0.29) is 40.6 Å². The summed E-state index contributed by atoms with van der Waals surface area (Å²) in [6.45, 7) is -9.45. The van der Waals surface area contributed by atoms with E-state index in [1.54, 1.807) is 0 Å². The molecule has 6 rings (SSSR count). The van der Waals surface area contributed by atoms with Crippen LogP contribution in [0.5, 0.6) is 0 Å². The molecule has 24 heteroatoms. The van der Waals surface area contributed by atoms with E-state index in [0.717, 1.165) is 12.7 Å². The summed E-state index contributed by atoms with van der Waals surface area (Å²) in [5.41, 5.74) is 17.1. The maximum absolute atomic E-state index is 16.0. The molecular formula is C20H25FN10O9P2S2. The average Bonchev–Trinajstić information content (AvgIpc) is 3.58. The average molecular weight is 695 g/mol.